The molecule has 1 fully saturated rings. The second-order valence-corrected chi connectivity index (χ2v) is 8.33. The van der Waals surface area contributed by atoms with Gasteiger partial charge in [-0.1, -0.05) is 36.0 Å². The lowest BCUT2D eigenvalue weighted by Gasteiger charge is -2.31. The molecule has 1 amide bonds. The Hall–Kier alpha value is -2.16. The average Bonchev–Trinajstić information content (AvgIpc) is 3.36. The largest absolute Gasteiger partial charge is 0.339 e. The first kappa shape index (κ1) is 18.2. The van der Waals surface area contributed by atoms with Crippen LogP contribution >= 0.6 is 23.1 Å². The Labute approximate surface area is 166 Å². The number of hydrogen-bond donors (Lipinski definition) is 1. The minimum absolute atomic E-state index is 0.147. The summed E-state index contributed by atoms with van der Waals surface area (Å²) < 4.78 is 2.03. The third-order valence-corrected chi connectivity index (χ3v) is 6.22. The van der Waals surface area contributed by atoms with Crippen LogP contribution < -0.4 is 5.32 Å². The quantitative estimate of drug-likeness (QED) is 0.669. The van der Waals surface area contributed by atoms with Crippen LogP contribution in [0.1, 0.15) is 6.92 Å². The molecule has 1 aliphatic rings. The van der Waals surface area contributed by atoms with E-state index in [1.165, 1.54) is 11.8 Å². The van der Waals surface area contributed by atoms with Gasteiger partial charge in [-0.05, 0) is 30.5 Å². The van der Waals surface area contributed by atoms with Gasteiger partial charge in [0, 0.05) is 31.4 Å². The van der Waals surface area contributed by atoms with Crippen molar-refractivity contribution < 1.29 is 4.79 Å². The third-order valence-electron chi connectivity index (χ3n) is 4.44. The van der Waals surface area contributed by atoms with Gasteiger partial charge < -0.3 is 10.2 Å². The van der Waals surface area contributed by atoms with Crippen molar-refractivity contribution in [2.75, 3.05) is 25.4 Å². The fourth-order valence-corrected chi connectivity index (χ4v) is 4.67. The summed E-state index contributed by atoms with van der Waals surface area (Å²) in [6.07, 6.45) is 0. The first-order valence-electron chi connectivity index (χ1n) is 8.91. The number of carbonyl (C=O) groups excluding carboxylic acids is 1. The van der Waals surface area contributed by atoms with Gasteiger partial charge in [0.1, 0.15) is 0 Å². The first-order valence-corrected chi connectivity index (χ1v) is 10.8. The number of benzene rings is 1. The van der Waals surface area contributed by atoms with E-state index >= 15 is 0 Å². The molecule has 6 nitrogen and oxygen atoms in total. The second-order valence-electron chi connectivity index (χ2n) is 6.44. The fourth-order valence-electron chi connectivity index (χ4n) is 3.12. The van der Waals surface area contributed by atoms with E-state index in [1.807, 2.05) is 57.3 Å². The number of thioether (sulfide) groups is 1. The number of nitrogens with zero attached hydrogens (tertiary/aromatic N) is 4. The van der Waals surface area contributed by atoms with E-state index in [4.69, 9.17) is 0 Å². The predicted octanol–water partition coefficient (Wildman–Crippen LogP) is 2.91. The van der Waals surface area contributed by atoms with Gasteiger partial charge in [-0.15, -0.1) is 21.5 Å². The normalized spacial score (nSPS) is 17.2. The number of piperazine rings is 1. The molecule has 8 heteroatoms. The zero-order valence-electron chi connectivity index (χ0n) is 15.0. The minimum Gasteiger partial charge on any atom is -0.339 e. The highest BCUT2D eigenvalue weighted by Crippen LogP contribution is 2.30. The van der Waals surface area contributed by atoms with E-state index < -0.39 is 0 Å². The van der Waals surface area contributed by atoms with E-state index in [9.17, 15) is 4.79 Å². The highest BCUT2D eigenvalue weighted by molar-refractivity contribution is 7.99. The summed E-state index contributed by atoms with van der Waals surface area (Å²) in [5.74, 6) is 1.32. The Morgan fingerprint density at radius 2 is 2.11 bits per heavy atom. The van der Waals surface area contributed by atoms with Gasteiger partial charge in [-0.25, -0.2) is 0 Å². The van der Waals surface area contributed by atoms with E-state index in [1.54, 1.807) is 11.3 Å². The number of carbonyl (C=O) groups is 1. The molecule has 0 saturated carbocycles. The molecule has 1 saturated heterocycles. The smallest absolute Gasteiger partial charge is 0.233 e. The van der Waals surface area contributed by atoms with Crippen molar-refractivity contribution in [2.24, 2.45) is 0 Å². The Morgan fingerprint density at radius 3 is 2.85 bits per heavy atom. The van der Waals surface area contributed by atoms with Crippen LogP contribution in [0.4, 0.5) is 0 Å². The lowest BCUT2D eigenvalue weighted by atomic mass is 10.2. The van der Waals surface area contributed by atoms with Gasteiger partial charge in [-0.2, -0.15) is 0 Å². The van der Waals surface area contributed by atoms with E-state index in [0.29, 0.717) is 11.8 Å². The summed E-state index contributed by atoms with van der Waals surface area (Å²) in [7, 11) is 0. The van der Waals surface area contributed by atoms with E-state index in [-0.39, 0.29) is 5.91 Å². The highest BCUT2D eigenvalue weighted by Gasteiger charge is 2.22. The number of nitrogens with one attached hydrogen (secondary N) is 1. The second kappa shape index (κ2) is 8.24. The number of hydrogen-bond acceptors (Lipinski definition) is 6. The topological polar surface area (TPSA) is 63.1 Å². The SMILES string of the molecule is CC1CN(C(=O)CSc2nnc(-c3cccs3)n2-c2ccccc2)CCN1. The molecule has 1 atom stereocenters. The summed E-state index contributed by atoms with van der Waals surface area (Å²) in [6.45, 7) is 4.47. The van der Waals surface area contributed by atoms with Crippen molar-refractivity contribution in [3.8, 4) is 16.4 Å². The Kier molecular flexibility index (Phi) is 5.56. The Bertz CT molecular complexity index is 894. The molecule has 0 spiro atoms. The highest BCUT2D eigenvalue weighted by atomic mass is 32.2. The number of thiophene rings is 1. The fraction of sp³-hybridized carbons (Fsp3) is 0.316. The van der Waals surface area contributed by atoms with Gasteiger partial charge in [0.2, 0.25) is 5.91 Å². The molecule has 1 N–H and O–H groups in total. The van der Waals surface area contributed by atoms with Crippen molar-refractivity contribution in [2.45, 2.75) is 18.1 Å². The molecule has 27 heavy (non-hydrogen) atoms. The van der Waals surface area contributed by atoms with Crippen LogP contribution in [-0.2, 0) is 4.79 Å². The molecule has 3 heterocycles. The summed E-state index contributed by atoms with van der Waals surface area (Å²) in [4.78, 5) is 15.6. The molecule has 0 bridgehead atoms. The average molecular weight is 400 g/mol. The molecule has 0 radical (unpaired) electrons. The maximum atomic E-state index is 12.6. The van der Waals surface area contributed by atoms with Crippen LogP contribution in [0, 0.1) is 0 Å². The van der Waals surface area contributed by atoms with E-state index in [2.05, 4.69) is 22.4 Å². The standard InChI is InChI=1S/C19H21N5OS2/c1-14-12-23(10-9-20-14)17(25)13-27-19-22-21-18(16-8-5-11-26-16)24(19)15-6-3-2-4-7-15/h2-8,11,14,20H,9-10,12-13H2,1H3. The minimum atomic E-state index is 0.147. The lowest BCUT2D eigenvalue weighted by Crippen LogP contribution is -2.51. The van der Waals surface area contributed by atoms with Crippen molar-refractivity contribution in [1.82, 2.24) is 25.0 Å². The molecule has 1 aliphatic heterocycles. The van der Waals surface area contributed by atoms with Crippen molar-refractivity contribution in [3.05, 3.63) is 47.8 Å². The Balaban J connectivity index is 1.57. The molecule has 2 aromatic heterocycles. The van der Waals surface area contributed by atoms with Crippen molar-refractivity contribution >= 4 is 29.0 Å². The maximum Gasteiger partial charge on any atom is 0.233 e. The van der Waals surface area contributed by atoms with Gasteiger partial charge in [0.05, 0.1) is 10.6 Å². The molecule has 3 aromatic rings. The van der Waals surface area contributed by atoms with Crippen molar-refractivity contribution in [1.29, 1.82) is 0 Å². The predicted molar refractivity (Wildman–Crippen MR) is 109 cm³/mol. The number of para-hydroxylation sites is 1. The molecule has 4 rings (SSSR count). The molecular weight excluding hydrogens is 378 g/mol. The van der Waals surface area contributed by atoms with Crippen LogP contribution in [0.2, 0.25) is 0 Å². The zero-order valence-corrected chi connectivity index (χ0v) is 16.7. The summed E-state index contributed by atoms with van der Waals surface area (Å²) in [5, 5.41) is 14.9. The molecule has 140 valence electrons. The van der Waals surface area contributed by atoms with Crippen molar-refractivity contribution in [3.63, 3.8) is 0 Å². The number of amides is 1. The third kappa shape index (κ3) is 4.07. The molecule has 1 aromatic carbocycles. The monoisotopic (exact) mass is 399 g/mol. The van der Waals surface area contributed by atoms with Crippen LogP contribution in [0.15, 0.2) is 53.0 Å². The molecular formula is C19H21N5OS2. The Morgan fingerprint density at radius 1 is 1.26 bits per heavy atom. The van der Waals surface area contributed by atoms with Gasteiger partial charge in [-0.3, -0.25) is 9.36 Å². The molecule has 0 aliphatic carbocycles. The maximum absolute atomic E-state index is 12.6. The molecule has 1 unspecified atom stereocenters. The van der Waals surface area contributed by atoms with Crippen LogP contribution in [0.5, 0.6) is 0 Å². The van der Waals surface area contributed by atoms with Crippen LogP contribution in [0.3, 0.4) is 0 Å². The van der Waals surface area contributed by atoms with Gasteiger partial charge >= 0.3 is 0 Å². The number of rotatable bonds is 5. The lowest BCUT2D eigenvalue weighted by molar-refractivity contribution is -0.129. The summed E-state index contributed by atoms with van der Waals surface area (Å²) >= 11 is 3.08. The van der Waals surface area contributed by atoms with Gasteiger partial charge in [0.15, 0.2) is 11.0 Å². The summed E-state index contributed by atoms with van der Waals surface area (Å²) in [6, 6.07) is 14.4. The zero-order chi connectivity index (χ0) is 18.6. The first-order chi connectivity index (χ1) is 13.2. The van der Waals surface area contributed by atoms with Gasteiger partial charge in [0.25, 0.3) is 0 Å². The van der Waals surface area contributed by atoms with E-state index in [0.717, 1.165) is 41.2 Å². The van der Waals surface area contributed by atoms with Crippen LogP contribution in [-0.4, -0.2) is 57.0 Å². The number of aromatic nitrogens is 3. The summed E-state index contributed by atoms with van der Waals surface area (Å²) in [5.41, 5.74) is 0.997. The van der Waals surface area contributed by atoms with Crippen LogP contribution in [0.25, 0.3) is 16.4 Å².